The molecule has 2 heterocycles. The van der Waals surface area contributed by atoms with E-state index in [-0.39, 0.29) is 17.8 Å². The summed E-state index contributed by atoms with van der Waals surface area (Å²) in [6.45, 7) is 3.63. The van der Waals surface area contributed by atoms with Crippen LogP contribution >= 0.6 is 0 Å². The Bertz CT molecular complexity index is 312. The van der Waals surface area contributed by atoms with Gasteiger partial charge >= 0.3 is 0 Å². The third-order valence-electron chi connectivity index (χ3n) is 2.17. The molecule has 0 spiro atoms. The number of H-pyrrole nitrogens is 1. The van der Waals surface area contributed by atoms with E-state index in [0.29, 0.717) is 19.8 Å². The van der Waals surface area contributed by atoms with Gasteiger partial charge in [-0.1, -0.05) is 0 Å². The number of carbonyl (C=O) groups excluding carboxylic acids is 1. The quantitative estimate of drug-likeness (QED) is 0.628. The highest BCUT2D eigenvalue weighted by Crippen LogP contribution is 2.08. The molecule has 1 aromatic rings. The first-order valence-corrected chi connectivity index (χ1v) is 4.41. The highest BCUT2D eigenvalue weighted by Gasteiger charge is 2.27. The maximum absolute atomic E-state index is 11.8. The molecule has 0 bridgehead atoms. The van der Waals surface area contributed by atoms with E-state index in [1.54, 1.807) is 4.90 Å². The molecule has 1 saturated heterocycles. The zero-order valence-electron chi connectivity index (χ0n) is 7.80. The minimum atomic E-state index is -0.199. The van der Waals surface area contributed by atoms with E-state index < -0.39 is 0 Å². The fourth-order valence-electron chi connectivity index (χ4n) is 1.41. The summed E-state index contributed by atoms with van der Waals surface area (Å²) in [4.78, 5) is 13.4. The zero-order valence-corrected chi connectivity index (χ0v) is 7.80. The van der Waals surface area contributed by atoms with Crippen molar-refractivity contribution in [2.24, 2.45) is 0 Å². The van der Waals surface area contributed by atoms with Crippen LogP contribution in [-0.4, -0.2) is 57.2 Å². The van der Waals surface area contributed by atoms with Crippen molar-refractivity contribution in [1.29, 1.82) is 0 Å². The molecule has 7 heteroatoms. The van der Waals surface area contributed by atoms with Crippen molar-refractivity contribution in [1.82, 2.24) is 25.5 Å². The third kappa shape index (κ3) is 1.58. The lowest BCUT2D eigenvalue weighted by Crippen LogP contribution is -2.47. The first kappa shape index (κ1) is 9.07. The Balaban J connectivity index is 2.10. The van der Waals surface area contributed by atoms with Gasteiger partial charge in [0, 0.05) is 6.54 Å². The smallest absolute Gasteiger partial charge is 0.295 e. The molecule has 0 aromatic carbocycles. The largest absolute Gasteiger partial charge is 0.377 e. The van der Waals surface area contributed by atoms with Crippen molar-refractivity contribution in [3.63, 3.8) is 0 Å². The number of ether oxygens (including phenoxy) is 1. The SMILES string of the molecule is CC1COCCN1C(=O)c1nn[nH]n1. The number of hydrogen-bond donors (Lipinski definition) is 1. The van der Waals surface area contributed by atoms with Crippen LogP contribution in [0.3, 0.4) is 0 Å². The van der Waals surface area contributed by atoms with Gasteiger partial charge in [-0.25, -0.2) is 0 Å². The van der Waals surface area contributed by atoms with E-state index in [9.17, 15) is 4.79 Å². The number of aromatic nitrogens is 4. The first-order chi connectivity index (χ1) is 6.79. The summed E-state index contributed by atoms with van der Waals surface area (Å²) in [6.07, 6.45) is 0. The second-order valence-corrected chi connectivity index (χ2v) is 3.16. The van der Waals surface area contributed by atoms with Crippen LogP contribution in [0, 0.1) is 0 Å². The van der Waals surface area contributed by atoms with Gasteiger partial charge in [0.2, 0.25) is 0 Å². The van der Waals surface area contributed by atoms with Gasteiger partial charge in [0.1, 0.15) is 0 Å². The molecule has 0 aliphatic carbocycles. The van der Waals surface area contributed by atoms with E-state index in [1.165, 1.54) is 0 Å². The lowest BCUT2D eigenvalue weighted by molar-refractivity contribution is 0.00292. The number of hydrogen-bond acceptors (Lipinski definition) is 5. The second kappa shape index (κ2) is 3.70. The number of rotatable bonds is 1. The Morgan fingerprint density at radius 1 is 1.71 bits per heavy atom. The van der Waals surface area contributed by atoms with Crippen LogP contribution in [-0.2, 0) is 4.74 Å². The number of aromatic amines is 1. The van der Waals surface area contributed by atoms with Crippen LogP contribution < -0.4 is 0 Å². The van der Waals surface area contributed by atoms with Crippen LogP contribution in [0.15, 0.2) is 0 Å². The molecular weight excluding hydrogens is 186 g/mol. The van der Waals surface area contributed by atoms with Crippen molar-refractivity contribution in [2.45, 2.75) is 13.0 Å². The molecule has 1 aliphatic rings. The Morgan fingerprint density at radius 2 is 2.57 bits per heavy atom. The van der Waals surface area contributed by atoms with E-state index in [2.05, 4.69) is 20.6 Å². The van der Waals surface area contributed by atoms with Crippen LogP contribution in [0.25, 0.3) is 0 Å². The molecule has 0 radical (unpaired) electrons. The zero-order chi connectivity index (χ0) is 9.97. The molecule has 1 aromatic heterocycles. The first-order valence-electron chi connectivity index (χ1n) is 4.41. The highest BCUT2D eigenvalue weighted by molar-refractivity contribution is 5.90. The summed E-state index contributed by atoms with van der Waals surface area (Å²) < 4.78 is 5.22. The minimum Gasteiger partial charge on any atom is -0.377 e. The summed E-state index contributed by atoms with van der Waals surface area (Å²) in [5.41, 5.74) is 0. The molecule has 0 saturated carbocycles. The van der Waals surface area contributed by atoms with E-state index in [0.717, 1.165) is 0 Å². The average Bonchev–Trinajstić information content (AvgIpc) is 2.70. The maximum Gasteiger partial charge on any atom is 0.295 e. The van der Waals surface area contributed by atoms with Gasteiger partial charge in [-0.05, 0) is 12.1 Å². The summed E-state index contributed by atoms with van der Waals surface area (Å²) in [6, 6.07) is 0.0646. The Hall–Kier alpha value is -1.50. The number of nitrogens with zero attached hydrogens (tertiary/aromatic N) is 4. The Labute approximate surface area is 80.4 Å². The molecule has 1 unspecified atom stereocenters. The van der Waals surface area contributed by atoms with Crippen molar-refractivity contribution < 1.29 is 9.53 Å². The van der Waals surface area contributed by atoms with Crippen molar-refractivity contribution >= 4 is 5.91 Å². The third-order valence-corrected chi connectivity index (χ3v) is 2.17. The molecule has 1 fully saturated rings. The molecule has 1 amide bonds. The standard InChI is InChI=1S/C7H11N5O2/c1-5-4-14-3-2-12(5)7(13)6-8-10-11-9-6/h5H,2-4H2,1H3,(H,8,9,10,11). The molecule has 1 N–H and O–H groups in total. The van der Waals surface area contributed by atoms with E-state index >= 15 is 0 Å². The van der Waals surface area contributed by atoms with Crippen LogP contribution in [0.4, 0.5) is 0 Å². The normalized spacial score (nSPS) is 22.4. The van der Waals surface area contributed by atoms with Crippen LogP contribution in [0.2, 0.25) is 0 Å². The Morgan fingerprint density at radius 3 is 3.21 bits per heavy atom. The fraction of sp³-hybridized carbons (Fsp3) is 0.714. The van der Waals surface area contributed by atoms with Crippen LogP contribution in [0.5, 0.6) is 0 Å². The molecule has 14 heavy (non-hydrogen) atoms. The van der Waals surface area contributed by atoms with Gasteiger partial charge in [-0.15, -0.1) is 10.2 Å². The lowest BCUT2D eigenvalue weighted by atomic mass is 10.2. The topological polar surface area (TPSA) is 84.0 Å². The summed E-state index contributed by atoms with van der Waals surface area (Å²) in [7, 11) is 0. The molecule has 76 valence electrons. The highest BCUT2D eigenvalue weighted by atomic mass is 16.5. The Kier molecular flexibility index (Phi) is 2.40. The number of nitrogens with one attached hydrogen (secondary N) is 1. The lowest BCUT2D eigenvalue weighted by Gasteiger charge is -2.32. The van der Waals surface area contributed by atoms with E-state index in [1.807, 2.05) is 6.92 Å². The van der Waals surface area contributed by atoms with E-state index in [4.69, 9.17) is 4.74 Å². The predicted molar refractivity (Wildman–Crippen MR) is 45.5 cm³/mol. The average molecular weight is 197 g/mol. The maximum atomic E-state index is 11.8. The van der Waals surface area contributed by atoms with Gasteiger partial charge in [-0.2, -0.15) is 5.21 Å². The molecular formula is C7H11N5O2. The molecule has 1 aliphatic heterocycles. The minimum absolute atomic E-state index is 0.0646. The molecule has 2 rings (SSSR count). The summed E-state index contributed by atoms with van der Waals surface area (Å²) in [5, 5.41) is 12.9. The number of morpholine rings is 1. The van der Waals surface area contributed by atoms with Crippen molar-refractivity contribution in [2.75, 3.05) is 19.8 Å². The monoisotopic (exact) mass is 197 g/mol. The predicted octanol–water partition coefficient (Wildman–Crippen LogP) is -0.939. The fourth-order valence-corrected chi connectivity index (χ4v) is 1.41. The number of carbonyl (C=O) groups is 1. The van der Waals surface area contributed by atoms with Crippen molar-refractivity contribution in [3.05, 3.63) is 5.82 Å². The summed E-state index contributed by atoms with van der Waals surface area (Å²) >= 11 is 0. The molecule has 7 nitrogen and oxygen atoms in total. The molecule has 1 atom stereocenters. The summed E-state index contributed by atoms with van der Waals surface area (Å²) in [5.74, 6) is -0.0895. The van der Waals surface area contributed by atoms with Crippen LogP contribution in [0.1, 0.15) is 17.5 Å². The van der Waals surface area contributed by atoms with Gasteiger partial charge in [0.25, 0.3) is 11.7 Å². The van der Waals surface area contributed by atoms with Gasteiger partial charge in [-0.3, -0.25) is 4.79 Å². The van der Waals surface area contributed by atoms with Gasteiger partial charge < -0.3 is 9.64 Å². The van der Waals surface area contributed by atoms with Gasteiger partial charge in [0.15, 0.2) is 0 Å². The number of tetrazole rings is 1. The number of amides is 1. The van der Waals surface area contributed by atoms with Gasteiger partial charge in [0.05, 0.1) is 19.3 Å². The second-order valence-electron chi connectivity index (χ2n) is 3.16. The van der Waals surface area contributed by atoms with Crippen molar-refractivity contribution in [3.8, 4) is 0 Å².